The fourth-order valence-corrected chi connectivity index (χ4v) is 3.50. The summed E-state index contributed by atoms with van der Waals surface area (Å²) >= 11 is 6.01. The number of alkyl halides is 3. The summed E-state index contributed by atoms with van der Waals surface area (Å²) in [5.74, 6) is -1.15. The van der Waals surface area contributed by atoms with Gasteiger partial charge in [0.05, 0.1) is 28.1 Å². The van der Waals surface area contributed by atoms with Crippen molar-refractivity contribution in [3.8, 4) is 5.75 Å². The van der Waals surface area contributed by atoms with Gasteiger partial charge in [0.1, 0.15) is 5.75 Å². The van der Waals surface area contributed by atoms with Crippen LogP contribution in [0.4, 0.5) is 18.9 Å². The van der Waals surface area contributed by atoms with Gasteiger partial charge in [0.15, 0.2) is 0 Å². The smallest absolute Gasteiger partial charge is 0.426 e. The highest BCUT2D eigenvalue weighted by Gasteiger charge is 2.55. The average molecular weight is 466 g/mol. The summed E-state index contributed by atoms with van der Waals surface area (Å²) in [6.07, 6.45) is -4.69. The van der Waals surface area contributed by atoms with Crippen molar-refractivity contribution < 1.29 is 37.1 Å². The highest BCUT2D eigenvalue weighted by molar-refractivity contribution is 7.85. The molecule has 30 heavy (non-hydrogen) atoms. The molecule has 0 saturated heterocycles. The highest BCUT2D eigenvalue weighted by atomic mass is 35.5. The van der Waals surface area contributed by atoms with E-state index in [-0.39, 0.29) is 22.2 Å². The van der Waals surface area contributed by atoms with Gasteiger partial charge >= 0.3 is 6.18 Å². The van der Waals surface area contributed by atoms with Gasteiger partial charge in [-0.2, -0.15) is 13.2 Å². The predicted octanol–water partition coefficient (Wildman–Crippen LogP) is 3.52. The van der Waals surface area contributed by atoms with E-state index in [0.717, 1.165) is 0 Å². The number of carbonyl (C=O) groups excluding carboxylic acids is 1. The third-order valence-corrected chi connectivity index (χ3v) is 5.70. The molecule has 0 radical (unpaired) electrons. The van der Waals surface area contributed by atoms with Gasteiger partial charge in [0.25, 0.3) is 5.91 Å². The first-order chi connectivity index (χ1) is 14.0. The number of hydrogen-bond donors (Lipinski definition) is 3. The Balaban J connectivity index is 2.13. The first-order valence-corrected chi connectivity index (χ1v) is 10.2. The van der Waals surface area contributed by atoms with E-state index < -0.39 is 28.5 Å². The summed E-state index contributed by atoms with van der Waals surface area (Å²) in [6, 6.07) is 10.2. The SMILES string of the molecule is CC(O)(C(=O)Nc1ccc([S@](=O)c2ccc(OCCCO)cc2)cc1Cl)C(F)(F)F. The van der Waals surface area contributed by atoms with E-state index in [1.807, 2.05) is 5.32 Å². The molecule has 0 fully saturated rings. The van der Waals surface area contributed by atoms with Gasteiger partial charge in [-0.15, -0.1) is 0 Å². The summed E-state index contributed by atoms with van der Waals surface area (Å²) in [6.45, 7) is 0.673. The predicted molar refractivity (Wildman–Crippen MR) is 105 cm³/mol. The number of amides is 1. The van der Waals surface area contributed by atoms with Crippen LogP contribution in [-0.4, -0.2) is 45.3 Å². The maximum Gasteiger partial charge on any atom is 0.426 e. The number of ether oxygens (including phenoxy) is 1. The molecule has 3 N–H and O–H groups in total. The Hall–Kier alpha value is -2.14. The first-order valence-electron chi connectivity index (χ1n) is 8.63. The maximum atomic E-state index is 12.8. The topological polar surface area (TPSA) is 95.9 Å². The Kier molecular flexibility index (Phi) is 7.87. The van der Waals surface area contributed by atoms with E-state index >= 15 is 0 Å². The molecule has 2 atom stereocenters. The van der Waals surface area contributed by atoms with Gasteiger partial charge < -0.3 is 20.3 Å². The van der Waals surface area contributed by atoms with E-state index in [0.29, 0.717) is 30.6 Å². The van der Waals surface area contributed by atoms with Crippen LogP contribution in [0.2, 0.25) is 5.02 Å². The number of aliphatic hydroxyl groups is 2. The van der Waals surface area contributed by atoms with Crippen LogP contribution in [0.15, 0.2) is 52.3 Å². The summed E-state index contributed by atoms with van der Waals surface area (Å²) < 4.78 is 56.4. The van der Waals surface area contributed by atoms with Gasteiger partial charge in [-0.3, -0.25) is 4.79 Å². The van der Waals surface area contributed by atoms with Crippen LogP contribution in [0.5, 0.6) is 5.75 Å². The Morgan fingerprint density at radius 2 is 1.77 bits per heavy atom. The zero-order valence-corrected chi connectivity index (χ0v) is 17.3. The number of halogens is 4. The average Bonchev–Trinajstić information content (AvgIpc) is 2.68. The number of rotatable bonds is 8. The molecule has 0 aliphatic rings. The maximum absolute atomic E-state index is 12.8. The van der Waals surface area contributed by atoms with Crippen molar-refractivity contribution in [2.75, 3.05) is 18.5 Å². The second kappa shape index (κ2) is 9.78. The number of benzene rings is 2. The summed E-state index contributed by atoms with van der Waals surface area (Å²) in [5.41, 5.74) is -3.77. The third kappa shape index (κ3) is 5.72. The standard InChI is InChI=1S/C19H19ClF3NO5S/c1-18(27,19(21,22)23)17(26)24-16-8-7-14(11-15(16)20)30(28)13-5-3-12(4-6-13)29-10-2-9-25/h3-8,11,25,27H,2,9-10H2,1H3,(H,24,26)/t18?,30-/m1/s1. The second-order valence-electron chi connectivity index (χ2n) is 6.33. The Morgan fingerprint density at radius 1 is 1.17 bits per heavy atom. The minimum atomic E-state index is -5.17. The summed E-state index contributed by atoms with van der Waals surface area (Å²) in [5, 5.41) is 19.9. The fraction of sp³-hybridized carbons (Fsp3) is 0.316. The molecule has 1 amide bonds. The minimum Gasteiger partial charge on any atom is -0.494 e. The molecule has 164 valence electrons. The molecule has 2 aromatic carbocycles. The van der Waals surface area contributed by atoms with E-state index in [4.69, 9.17) is 21.4 Å². The van der Waals surface area contributed by atoms with Crippen LogP contribution in [0.3, 0.4) is 0 Å². The molecule has 11 heteroatoms. The van der Waals surface area contributed by atoms with Gasteiger partial charge in [-0.05, 0) is 49.4 Å². The Labute approximate surface area is 178 Å². The van der Waals surface area contributed by atoms with Crippen LogP contribution < -0.4 is 10.1 Å². The van der Waals surface area contributed by atoms with Gasteiger partial charge in [-0.25, -0.2) is 4.21 Å². The van der Waals surface area contributed by atoms with Crippen molar-refractivity contribution in [1.29, 1.82) is 0 Å². The molecule has 0 aliphatic carbocycles. The lowest BCUT2D eigenvalue weighted by molar-refractivity contribution is -0.242. The number of anilines is 1. The van der Waals surface area contributed by atoms with Crippen molar-refractivity contribution in [2.24, 2.45) is 0 Å². The zero-order chi connectivity index (χ0) is 22.5. The molecular formula is C19H19ClF3NO5S. The largest absolute Gasteiger partial charge is 0.494 e. The monoisotopic (exact) mass is 465 g/mol. The molecule has 0 saturated carbocycles. The normalized spacial score (nSPS) is 14.6. The van der Waals surface area contributed by atoms with Crippen molar-refractivity contribution in [3.63, 3.8) is 0 Å². The Morgan fingerprint density at radius 3 is 2.30 bits per heavy atom. The van der Waals surface area contributed by atoms with Crippen LogP contribution in [0, 0.1) is 0 Å². The molecule has 0 heterocycles. The van der Waals surface area contributed by atoms with E-state index in [1.165, 1.54) is 18.2 Å². The van der Waals surface area contributed by atoms with E-state index in [1.54, 1.807) is 24.3 Å². The Bertz CT molecular complexity index is 919. The van der Waals surface area contributed by atoms with Crippen molar-refractivity contribution in [1.82, 2.24) is 0 Å². The van der Waals surface area contributed by atoms with Gasteiger partial charge in [0, 0.05) is 22.8 Å². The zero-order valence-electron chi connectivity index (χ0n) is 15.7. The van der Waals surface area contributed by atoms with Crippen LogP contribution in [0.25, 0.3) is 0 Å². The molecule has 0 aromatic heterocycles. The molecule has 1 unspecified atom stereocenters. The third-order valence-electron chi connectivity index (χ3n) is 4.01. The van der Waals surface area contributed by atoms with Crippen LogP contribution in [0.1, 0.15) is 13.3 Å². The first kappa shape index (κ1) is 24.1. The molecule has 0 spiro atoms. The van der Waals surface area contributed by atoms with E-state index in [9.17, 15) is 27.3 Å². The quantitative estimate of drug-likeness (QED) is 0.518. The number of carbonyl (C=O) groups is 1. The van der Waals surface area contributed by atoms with Crippen LogP contribution in [-0.2, 0) is 15.6 Å². The number of aliphatic hydroxyl groups excluding tert-OH is 1. The molecule has 2 aromatic rings. The summed E-state index contributed by atoms with van der Waals surface area (Å²) in [4.78, 5) is 12.5. The van der Waals surface area contributed by atoms with Crippen molar-refractivity contribution in [3.05, 3.63) is 47.5 Å². The van der Waals surface area contributed by atoms with Crippen LogP contribution >= 0.6 is 11.6 Å². The summed E-state index contributed by atoms with van der Waals surface area (Å²) in [7, 11) is -1.65. The second-order valence-corrected chi connectivity index (χ2v) is 8.22. The van der Waals surface area contributed by atoms with Crippen molar-refractivity contribution >= 4 is 34.0 Å². The molecule has 2 rings (SSSR count). The minimum absolute atomic E-state index is 0.00700. The lowest BCUT2D eigenvalue weighted by Gasteiger charge is -2.25. The highest BCUT2D eigenvalue weighted by Crippen LogP contribution is 2.33. The van der Waals surface area contributed by atoms with Gasteiger partial charge in [-0.1, -0.05) is 11.6 Å². The fourth-order valence-electron chi connectivity index (χ4n) is 2.14. The van der Waals surface area contributed by atoms with E-state index in [2.05, 4.69) is 0 Å². The number of nitrogens with one attached hydrogen (secondary N) is 1. The molecule has 0 aliphatic heterocycles. The number of hydrogen-bond acceptors (Lipinski definition) is 5. The molecular weight excluding hydrogens is 447 g/mol. The molecule has 6 nitrogen and oxygen atoms in total. The van der Waals surface area contributed by atoms with Crippen molar-refractivity contribution in [2.45, 2.75) is 34.9 Å². The molecule has 0 bridgehead atoms. The van der Waals surface area contributed by atoms with Gasteiger partial charge in [0.2, 0.25) is 5.60 Å². The lowest BCUT2D eigenvalue weighted by atomic mass is 10.1. The lowest BCUT2D eigenvalue weighted by Crippen LogP contribution is -2.52.